The number of likely N-dealkylation sites (tertiary alicyclic amines) is 1. The molecule has 1 aliphatic heterocycles. The maximum atomic E-state index is 12.1. The Kier molecular flexibility index (Phi) is 6.16. The average molecular weight is 318 g/mol. The van der Waals surface area contributed by atoms with Crippen molar-refractivity contribution in [1.29, 1.82) is 0 Å². The minimum Gasteiger partial charge on any atom is -0.494 e. The van der Waals surface area contributed by atoms with Gasteiger partial charge in [0.05, 0.1) is 17.9 Å². The second-order valence-corrected chi connectivity index (χ2v) is 6.29. The van der Waals surface area contributed by atoms with Crippen LogP contribution in [0.15, 0.2) is 29.4 Å². The van der Waals surface area contributed by atoms with E-state index in [0.29, 0.717) is 24.0 Å². The Morgan fingerprint density at radius 2 is 1.83 bits per heavy atom. The summed E-state index contributed by atoms with van der Waals surface area (Å²) in [4.78, 5) is 19.5. The monoisotopic (exact) mass is 318 g/mol. The Balaban J connectivity index is 1.97. The first-order valence-corrected chi connectivity index (χ1v) is 8.21. The summed E-state index contributed by atoms with van der Waals surface area (Å²) in [5.41, 5.74) is 1.44. The zero-order chi connectivity index (χ0) is 16.8. The van der Waals surface area contributed by atoms with E-state index in [0.717, 1.165) is 31.0 Å². The van der Waals surface area contributed by atoms with Gasteiger partial charge < -0.3 is 14.5 Å². The molecule has 5 heteroatoms. The quantitative estimate of drug-likeness (QED) is 0.618. The van der Waals surface area contributed by atoms with E-state index in [1.165, 1.54) is 0 Å². The van der Waals surface area contributed by atoms with Crippen LogP contribution in [0.25, 0.3) is 0 Å². The fraction of sp³-hybridized carbons (Fsp3) is 0.556. The van der Waals surface area contributed by atoms with E-state index in [4.69, 9.17) is 9.57 Å². The van der Waals surface area contributed by atoms with E-state index in [1.807, 2.05) is 0 Å². The first-order valence-electron chi connectivity index (χ1n) is 8.21. The first-order chi connectivity index (χ1) is 11.0. The Hall–Kier alpha value is -1.88. The minimum absolute atomic E-state index is 0.293. The van der Waals surface area contributed by atoms with E-state index < -0.39 is 5.97 Å². The zero-order valence-electron chi connectivity index (χ0n) is 14.4. The van der Waals surface area contributed by atoms with Crippen molar-refractivity contribution < 1.29 is 14.4 Å². The normalized spacial score (nSPS) is 21.8. The van der Waals surface area contributed by atoms with Crippen LogP contribution in [0.4, 0.5) is 0 Å². The van der Waals surface area contributed by atoms with E-state index >= 15 is 0 Å². The van der Waals surface area contributed by atoms with Gasteiger partial charge in [-0.2, -0.15) is 0 Å². The number of carbonyl (C=O) groups is 1. The molecule has 0 spiro atoms. The van der Waals surface area contributed by atoms with Gasteiger partial charge in [0.25, 0.3) is 0 Å². The number of nitrogens with zero attached hydrogens (tertiary/aromatic N) is 2. The molecular formula is C18H26N2O3. The molecular weight excluding hydrogens is 292 g/mol. The Morgan fingerprint density at radius 3 is 2.39 bits per heavy atom. The smallest absolute Gasteiger partial charge is 0.365 e. The molecule has 0 aromatic heterocycles. The third kappa shape index (κ3) is 4.79. The number of hydrogen-bond acceptors (Lipinski definition) is 5. The molecule has 2 atom stereocenters. The maximum Gasteiger partial charge on any atom is 0.365 e. The van der Waals surface area contributed by atoms with Crippen molar-refractivity contribution in [3.8, 4) is 5.75 Å². The molecule has 1 saturated heterocycles. The highest BCUT2D eigenvalue weighted by molar-refractivity contribution is 5.92. The third-order valence-corrected chi connectivity index (χ3v) is 3.98. The molecule has 0 unspecified atom stereocenters. The maximum absolute atomic E-state index is 12.1. The van der Waals surface area contributed by atoms with E-state index in [1.54, 1.807) is 24.3 Å². The molecule has 23 heavy (non-hydrogen) atoms. The average Bonchev–Trinajstić information content (AvgIpc) is 2.52. The minimum atomic E-state index is -0.433. The Labute approximate surface area is 138 Å². The van der Waals surface area contributed by atoms with Gasteiger partial charge >= 0.3 is 5.97 Å². The van der Waals surface area contributed by atoms with Crippen LogP contribution < -0.4 is 4.74 Å². The van der Waals surface area contributed by atoms with Gasteiger partial charge in [0, 0.05) is 24.9 Å². The molecule has 1 aromatic rings. The third-order valence-electron chi connectivity index (χ3n) is 3.98. The molecule has 0 radical (unpaired) electrons. The molecule has 0 saturated carbocycles. The van der Waals surface area contributed by atoms with E-state index in [-0.39, 0.29) is 0 Å². The summed E-state index contributed by atoms with van der Waals surface area (Å²) in [6.07, 6.45) is 0.951. The molecule has 1 aliphatic rings. The predicted octanol–water partition coefficient (Wildman–Crippen LogP) is 3.21. The summed E-state index contributed by atoms with van der Waals surface area (Å²) in [5.74, 6) is 0.910. The van der Waals surface area contributed by atoms with Crippen LogP contribution in [-0.4, -0.2) is 43.3 Å². The summed E-state index contributed by atoms with van der Waals surface area (Å²) in [7, 11) is 2.10. The van der Waals surface area contributed by atoms with Crippen LogP contribution >= 0.6 is 0 Å². The summed E-state index contributed by atoms with van der Waals surface area (Å²) in [5, 5.41) is 4.14. The first kappa shape index (κ1) is 17.5. The van der Waals surface area contributed by atoms with Crippen LogP contribution in [0.5, 0.6) is 5.75 Å². The summed E-state index contributed by atoms with van der Waals surface area (Å²) >= 11 is 0. The van der Waals surface area contributed by atoms with Crippen molar-refractivity contribution in [2.24, 2.45) is 17.0 Å². The van der Waals surface area contributed by atoms with Gasteiger partial charge in [0.15, 0.2) is 0 Å². The number of benzene rings is 1. The van der Waals surface area contributed by atoms with Crippen LogP contribution in [0.2, 0.25) is 0 Å². The van der Waals surface area contributed by atoms with Gasteiger partial charge in [-0.3, -0.25) is 0 Å². The number of hydrogen-bond donors (Lipinski definition) is 0. The molecule has 0 N–H and O–H groups in total. The highest BCUT2D eigenvalue weighted by Gasteiger charge is 2.27. The Morgan fingerprint density at radius 1 is 1.22 bits per heavy atom. The molecule has 0 amide bonds. The van der Waals surface area contributed by atoms with Gasteiger partial charge in [0.2, 0.25) is 0 Å². The Bertz CT molecular complexity index is 540. The van der Waals surface area contributed by atoms with Gasteiger partial charge in [0.1, 0.15) is 5.75 Å². The molecule has 0 bridgehead atoms. The molecule has 2 rings (SSSR count). The predicted molar refractivity (Wildman–Crippen MR) is 90.9 cm³/mol. The number of ether oxygens (including phenoxy) is 1. The summed E-state index contributed by atoms with van der Waals surface area (Å²) in [6.45, 7) is 8.81. The molecule has 1 aromatic carbocycles. The van der Waals surface area contributed by atoms with Gasteiger partial charge in [-0.25, -0.2) is 4.79 Å². The van der Waals surface area contributed by atoms with E-state index in [9.17, 15) is 4.79 Å². The molecule has 5 nitrogen and oxygen atoms in total. The van der Waals surface area contributed by atoms with Crippen LogP contribution in [-0.2, 0) is 4.84 Å². The number of piperidine rings is 1. The molecule has 0 aliphatic carbocycles. The molecule has 1 heterocycles. The lowest BCUT2D eigenvalue weighted by molar-refractivity contribution is 0.0508. The standard InChI is InChI=1S/C18H26N2O3/c1-5-10-22-16-8-6-15(7-9-16)18(21)23-19-17-13(2)11-20(4)12-14(17)3/h6-9,13-14H,5,10-12H2,1-4H3/t13-,14-/m1/s1. The van der Waals surface area contributed by atoms with Crippen molar-refractivity contribution >= 4 is 11.7 Å². The van der Waals surface area contributed by atoms with Crippen molar-refractivity contribution in [1.82, 2.24) is 4.90 Å². The number of rotatable bonds is 5. The topological polar surface area (TPSA) is 51.1 Å². The zero-order valence-corrected chi connectivity index (χ0v) is 14.4. The summed E-state index contributed by atoms with van der Waals surface area (Å²) in [6, 6.07) is 6.96. The number of carbonyl (C=O) groups excluding carboxylic acids is 1. The highest BCUT2D eigenvalue weighted by atomic mass is 16.7. The fourth-order valence-electron chi connectivity index (χ4n) is 2.92. The molecule has 1 fully saturated rings. The van der Waals surface area contributed by atoms with Crippen LogP contribution in [0.3, 0.4) is 0 Å². The van der Waals surface area contributed by atoms with Crippen LogP contribution in [0.1, 0.15) is 37.6 Å². The lowest BCUT2D eigenvalue weighted by atomic mass is 9.90. The fourth-order valence-corrected chi connectivity index (χ4v) is 2.92. The second-order valence-electron chi connectivity index (χ2n) is 6.29. The van der Waals surface area contributed by atoms with E-state index in [2.05, 4.69) is 37.9 Å². The van der Waals surface area contributed by atoms with Crippen molar-refractivity contribution in [3.05, 3.63) is 29.8 Å². The highest BCUT2D eigenvalue weighted by Crippen LogP contribution is 2.19. The van der Waals surface area contributed by atoms with Gasteiger partial charge in [-0.1, -0.05) is 25.9 Å². The SMILES string of the molecule is CCCOc1ccc(C(=O)ON=C2[C@H](C)CN(C)C[C@H]2C)cc1. The summed E-state index contributed by atoms with van der Waals surface area (Å²) < 4.78 is 5.50. The molecule has 126 valence electrons. The van der Waals surface area contributed by atoms with Gasteiger partial charge in [-0.15, -0.1) is 0 Å². The van der Waals surface area contributed by atoms with Crippen molar-refractivity contribution in [2.45, 2.75) is 27.2 Å². The second kappa shape index (κ2) is 8.11. The lowest BCUT2D eigenvalue weighted by Crippen LogP contribution is -2.42. The van der Waals surface area contributed by atoms with Crippen molar-refractivity contribution in [3.63, 3.8) is 0 Å². The van der Waals surface area contributed by atoms with Crippen molar-refractivity contribution in [2.75, 3.05) is 26.7 Å². The lowest BCUT2D eigenvalue weighted by Gasteiger charge is -2.32. The van der Waals surface area contributed by atoms with Gasteiger partial charge in [-0.05, 0) is 37.7 Å². The largest absolute Gasteiger partial charge is 0.494 e. The number of oxime groups is 1. The van der Waals surface area contributed by atoms with Crippen LogP contribution in [0, 0.1) is 11.8 Å².